The highest BCUT2D eigenvalue weighted by Gasteiger charge is 2.22. The molecule has 0 spiro atoms. The van der Waals surface area contributed by atoms with Crippen molar-refractivity contribution in [3.63, 3.8) is 0 Å². The first-order chi connectivity index (χ1) is 15.2. The average molecular weight is 451 g/mol. The molecule has 0 saturated carbocycles. The molecule has 0 bridgehead atoms. The Morgan fingerprint density at radius 3 is 2.47 bits per heavy atom. The van der Waals surface area contributed by atoms with Crippen molar-refractivity contribution >= 4 is 34.8 Å². The fourth-order valence-electron chi connectivity index (χ4n) is 3.27. The minimum Gasteiger partial charge on any atom is -0.484 e. The lowest BCUT2D eigenvalue weighted by Gasteiger charge is -2.19. The lowest BCUT2D eigenvalue weighted by molar-refractivity contribution is -0.118. The Hall–Kier alpha value is -3.51. The van der Waals surface area contributed by atoms with Crippen molar-refractivity contribution in [1.29, 1.82) is 0 Å². The van der Waals surface area contributed by atoms with Gasteiger partial charge >= 0.3 is 0 Å². The summed E-state index contributed by atoms with van der Waals surface area (Å²) >= 11 is 6.01. The van der Waals surface area contributed by atoms with Crippen molar-refractivity contribution in [2.24, 2.45) is 0 Å². The first kappa shape index (κ1) is 21.7. The molecule has 164 valence electrons. The summed E-state index contributed by atoms with van der Waals surface area (Å²) in [6, 6.07) is 17.5. The summed E-state index contributed by atoms with van der Waals surface area (Å²) in [5.74, 6) is 0.794. The molecular formula is C25H23ClN2O4. The number of amides is 2. The van der Waals surface area contributed by atoms with Gasteiger partial charge < -0.3 is 20.1 Å². The SMILES string of the molecule is CC(C)(C)c1ccc(OCC(=O)Nc2ccc3c(c2)C(=O)Nc2cc(Cl)ccc2O3)cc1. The first-order valence-electron chi connectivity index (χ1n) is 10.1. The molecule has 1 aliphatic rings. The molecule has 6 nitrogen and oxygen atoms in total. The third kappa shape index (κ3) is 4.86. The number of rotatable bonds is 4. The minimum atomic E-state index is -0.354. The third-order valence-corrected chi connectivity index (χ3v) is 5.24. The number of carbonyl (C=O) groups is 2. The van der Waals surface area contributed by atoms with Gasteiger partial charge in [0.15, 0.2) is 12.4 Å². The Morgan fingerprint density at radius 2 is 1.75 bits per heavy atom. The van der Waals surface area contributed by atoms with Crippen LogP contribution in [-0.2, 0) is 10.2 Å². The monoisotopic (exact) mass is 450 g/mol. The van der Waals surface area contributed by atoms with E-state index in [9.17, 15) is 9.59 Å². The van der Waals surface area contributed by atoms with E-state index >= 15 is 0 Å². The smallest absolute Gasteiger partial charge is 0.262 e. The highest BCUT2D eigenvalue weighted by Crippen LogP contribution is 2.38. The lowest BCUT2D eigenvalue weighted by atomic mass is 9.87. The summed E-state index contributed by atoms with van der Waals surface area (Å²) < 4.78 is 11.4. The Morgan fingerprint density at radius 1 is 1.03 bits per heavy atom. The van der Waals surface area contributed by atoms with E-state index in [0.29, 0.717) is 39.2 Å². The number of nitrogens with one attached hydrogen (secondary N) is 2. The fourth-order valence-corrected chi connectivity index (χ4v) is 3.44. The number of benzene rings is 3. The molecule has 4 rings (SSSR count). The topological polar surface area (TPSA) is 76.7 Å². The molecule has 0 atom stereocenters. The van der Waals surface area contributed by atoms with Gasteiger partial charge in [-0.25, -0.2) is 0 Å². The second kappa shape index (κ2) is 8.55. The normalized spacial score (nSPS) is 12.6. The van der Waals surface area contributed by atoms with Crippen molar-refractivity contribution in [2.45, 2.75) is 26.2 Å². The molecule has 0 saturated heterocycles. The van der Waals surface area contributed by atoms with E-state index in [4.69, 9.17) is 21.1 Å². The maximum absolute atomic E-state index is 12.7. The molecule has 0 fully saturated rings. The zero-order valence-corrected chi connectivity index (χ0v) is 18.7. The predicted octanol–water partition coefficient (Wildman–Crippen LogP) is 6.01. The lowest BCUT2D eigenvalue weighted by Crippen LogP contribution is -2.20. The molecule has 0 radical (unpaired) electrons. The summed E-state index contributed by atoms with van der Waals surface area (Å²) in [4.78, 5) is 25.0. The molecule has 0 aliphatic carbocycles. The molecule has 3 aromatic carbocycles. The maximum Gasteiger partial charge on any atom is 0.262 e. The van der Waals surface area contributed by atoms with Gasteiger partial charge in [-0.2, -0.15) is 0 Å². The number of anilines is 2. The molecule has 3 aromatic rings. The Balaban J connectivity index is 1.41. The molecular weight excluding hydrogens is 428 g/mol. The van der Waals surface area contributed by atoms with Crippen LogP contribution in [-0.4, -0.2) is 18.4 Å². The number of carbonyl (C=O) groups excluding carboxylic acids is 2. The van der Waals surface area contributed by atoms with Crippen molar-refractivity contribution in [2.75, 3.05) is 17.2 Å². The van der Waals surface area contributed by atoms with E-state index < -0.39 is 0 Å². The molecule has 0 aromatic heterocycles. The van der Waals surface area contributed by atoms with Crippen LogP contribution in [0, 0.1) is 0 Å². The highest BCUT2D eigenvalue weighted by molar-refractivity contribution is 6.31. The van der Waals surface area contributed by atoms with Gasteiger partial charge in [-0.1, -0.05) is 44.5 Å². The summed E-state index contributed by atoms with van der Waals surface area (Å²) in [5.41, 5.74) is 2.47. The van der Waals surface area contributed by atoms with Crippen LogP contribution in [0.25, 0.3) is 0 Å². The van der Waals surface area contributed by atoms with Gasteiger partial charge in [0.2, 0.25) is 0 Å². The van der Waals surface area contributed by atoms with Crippen LogP contribution in [0.15, 0.2) is 60.7 Å². The van der Waals surface area contributed by atoms with Gasteiger partial charge in [0.25, 0.3) is 11.8 Å². The molecule has 7 heteroatoms. The van der Waals surface area contributed by atoms with Crippen LogP contribution in [0.2, 0.25) is 5.02 Å². The standard InChI is InChI=1S/C25H23ClN2O4/c1-25(2,3)15-4-8-18(9-5-15)31-14-23(29)27-17-7-11-21-19(13-17)24(30)28-20-12-16(26)6-10-22(20)32-21/h4-13H,14H2,1-3H3,(H,27,29)(H,28,30). The van der Waals surface area contributed by atoms with Crippen LogP contribution in [0.5, 0.6) is 17.2 Å². The van der Waals surface area contributed by atoms with Crippen molar-refractivity contribution in [1.82, 2.24) is 0 Å². The van der Waals surface area contributed by atoms with Gasteiger partial charge in [0.05, 0.1) is 11.3 Å². The van der Waals surface area contributed by atoms with Crippen molar-refractivity contribution in [3.8, 4) is 17.2 Å². The fraction of sp³-hybridized carbons (Fsp3) is 0.200. The second-order valence-corrected chi connectivity index (χ2v) is 8.96. The molecule has 32 heavy (non-hydrogen) atoms. The van der Waals surface area contributed by atoms with Gasteiger partial charge in [0, 0.05) is 10.7 Å². The van der Waals surface area contributed by atoms with E-state index in [-0.39, 0.29) is 23.8 Å². The summed E-state index contributed by atoms with van der Waals surface area (Å²) in [7, 11) is 0. The van der Waals surface area contributed by atoms with Gasteiger partial charge in [-0.05, 0) is 59.5 Å². The van der Waals surface area contributed by atoms with Crippen LogP contribution < -0.4 is 20.1 Å². The van der Waals surface area contributed by atoms with Crippen LogP contribution in [0.4, 0.5) is 11.4 Å². The molecule has 1 heterocycles. The average Bonchev–Trinajstić information content (AvgIpc) is 2.87. The number of halogens is 1. The van der Waals surface area contributed by atoms with E-state index in [1.54, 1.807) is 36.4 Å². The number of fused-ring (bicyclic) bond motifs is 2. The first-order valence-corrected chi connectivity index (χ1v) is 10.5. The van der Waals surface area contributed by atoms with Gasteiger partial charge in [-0.3, -0.25) is 9.59 Å². The van der Waals surface area contributed by atoms with Gasteiger partial charge in [0.1, 0.15) is 11.5 Å². The molecule has 2 amide bonds. The largest absolute Gasteiger partial charge is 0.484 e. The Bertz CT molecular complexity index is 1180. The molecule has 0 unspecified atom stereocenters. The molecule has 1 aliphatic heterocycles. The minimum absolute atomic E-state index is 0.0465. The zero-order valence-electron chi connectivity index (χ0n) is 18.0. The van der Waals surface area contributed by atoms with Crippen molar-refractivity contribution < 1.29 is 19.1 Å². The number of hydrogen-bond acceptors (Lipinski definition) is 4. The quantitative estimate of drug-likeness (QED) is 0.510. The van der Waals surface area contributed by atoms with Crippen LogP contribution in [0.3, 0.4) is 0 Å². The predicted molar refractivity (Wildman–Crippen MR) is 125 cm³/mol. The number of hydrogen-bond donors (Lipinski definition) is 2. The van der Waals surface area contributed by atoms with E-state index in [2.05, 4.69) is 31.4 Å². The Kier molecular flexibility index (Phi) is 5.80. The third-order valence-electron chi connectivity index (χ3n) is 5.01. The Labute approximate surface area is 191 Å². The zero-order chi connectivity index (χ0) is 22.9. The van der Waals surface area contributed by atoms with Gasteiger partial charge in [-0.15, -0.1) is 0 Å². The summed E-state index contributed by atoms with van der Waals surface area (Å²) in [6.45, 7) is 6.25. The van der Waals surface area contributed by atoms with Crippen LogP contribution in [0.1, 0.15) is 36.7 Å². The number of ether oxygens (including phenoxy) is 2. The van der Waals surface area contributed by atoms with Crippen molar-refractivity contribution in [3.05, 3.63) is 76.8 Å². The van der Waals surface area contributed by atoms with E-state index in [1.165, 1.54) is 5.56 Å². The molecule has 2 N–H and O–H groups in total. The van der Waals surface area contributed by atoms with E-state index in [0.717, 1.165) is 0 Å². The summed E-state index contributed by atoms with van der Waals surface area (Å²) in [6.07, 6.45) is 0. The van der Waals surface area contributed by atoms with Crippen LogP contribution >= 0.6 is 11.6 Å². The maximum atomic E-state index is 12.7. The highest BCUT2D eigenvalue weighted by atomic mass is 35.5. The summed E-state index contributed by atoms with van der Waals surface area (Å²) in [5, 5.41) is 6.01. The second-order valence-electron chi connectivity index (χ2n) is 8.52. The van der Waals surface area contributed by atoms with E-state index in [1.807, 2.05) is 24.3 Å².